The van der Waals surface area contributed by atoms with E-state index >= 15 is 0 Å². The second-order valence-electron chi connectivity index (χ2n) is 7.85. The molecule has 122 valence electrons. The second kappa shape index (κ2) is 6.53. The Labute approximate surface area is 131 Å². The standard InChI is InChI=1S/C17H32O3Si/c1-7-13(20-21(5,6)17(2,3)4)14-10-8-9-11-15(19-14)16-12-18-16/h8-9,13-16H,7,10-12H2,1-6H3/t13-,14+,15-,16+/m1/s1. The van der Waals surface area contributed by atoms with Gasteiger partial charge in [0.15, 0.2) is 8.32 Å². The van der Waals surface area contributed by atoms with Crippen LogP contribution in [-0.4, -0.2) is 39.3 Å². The smallest absolute Gasteiger partial charge is 0.192 e. The lowest BCUT2D eigenvalue weighted by atomic mass is 10.1. The fourth-order valence-corrected chi connectivity index (χ4v) is 3.95. The first-order chi connectivity index (χ1) is 9.74. The SMILES string of the molecule is CC[C@@H](O[Si](C)(C)C(C)(C)C)[C@@H]1CC=CC[C@H]([C@@H]2CO2)O1. The summed E-state index contributed by atoms with van der Waals surface area (Å²) in [5.41, 5.74) is 0. The molecule has 2 aliphatic rings. The molecule has 0 saturated carbocycles. The van der Waals surface area contributed by atoms with Crippen LogP contribution in [0.3, 0.4) is 0 Å². The zero-order valence-corrected chi connectivity index (χ0v) is 15.5. The van der Waals surface area contributed by atoms with Crippen LogP contribution in [0.5, 0.6) is 0 Å². The highest BCUT2D eigenvalue weighted by Gasteiger charge is 2.42. The molecule has 0 aromatic carbocycles. The summed E-state index contributed by atoms with van der Waals surface area (Å²) in [4.78, 5) is 0. The van der Waals surface area contributed by atoms with Crippen LogP contribution in [-0.2, 0) is 13.9 Å². The molecule has 0 aromatic heterocycles. The molecule has 2 heterocycles. The first-order valence-electron chi connectivity index (χ1n) is 8.34. The molecule has 1 fully saturated rings. The molecule has 0 N–H and O–H groups in total. The summed E-state index contributed by atoms with van der Waals surface area (Å²) < 4.78 is 18.4. The molecule has 0 amide bonds. The number of hydrogen-bond acceptors (Lipinski definition) is 3. The first kappa shape index (κ1) is 17.2. The molecule has 0 unspecified atom stereocenters. The highest BCUT2D eigenvalue weighted by atomic mass is 28.4. The molecule has 21 heavy (non-hydrogen) atoms. The van der Waals surface area contributed by atoms with E-state index in [0.29, 0.717) is 6.10 Å². The van der Waals surface area contributed by atoms with E-state index in [9.17, 15) is 0 Å². The third-order valence-electron chi connectivity index (χ3n) is 5.10. The van der Waals surface area contributed by atoms with Gasteiger partial charge in [0.1, 0.15) is 6.10 Å². The van der Waals surface area contributed by atoms with Crippen molar-refractivity contribution in [3.8, 4) is 0 Å². The molecular formula is C17H32O3Si. The molecule has 2 aliphatic heterocycles. The van der Waals surface area contributed by atoms with Gasteiger partial charge in [-0.15, -0.1) is 0 Å². The first-order valence-corrected chi connectivity index (χ1v) is 11.3. The summed E-state index contributed by atoms with van der Waals surface area (Å²) in [5, 5.41) is 0.236. The Bertz CT molecular complexity index is 369. The average molecular weight is 313 g/mol. The van der Waals surface area contributed by atoms with Crippen LogP contribution in [0.15, 0.2) is 12.2 Å². The van der Waals surface area contributed by atoms with Gasteiger partial charge < -0.3 is 13.9 Å². The molecule has 4 heteroatoms. The Morgan fingerprint density at radius 3 is 2.33 bits per heavy atom. The van der Waals surface area contributed by atoms with E-state index in [1.165, 1.54) is 0 Å². The maximum atomic E-state index is 6.63. The van der Waals surface area contributed by atoms with E-state index in [-0.39, 0.29) is 23.4 Å². The van der Waals surface area contributed by atoms with Crippen molar-refractivity contribution in [3.05, 3.63) is 12.2 Å². The van der Waals surface area contributed by atoms with Crippen molar-refractivity contribution >= 4 is 8.32 Å². The Morgan fingerprint density at radius 1 is 1.19 bits per heavy atom. The third kappa shape index (κ3) is 4.41. The van der Waals surface area contributed by atoms with Crippen molar-refractivity contribution in [2.45, 2.75) is 89.5 Å². The van der Waals surface area contributed by atoms with Crippen LogP contribution >= 0.6 is 0 Å². The predicted molar refractivity (Wildman–Crippen MR) is 89.1 cm³/mol. The number of ether oxygens (including phenoxy) is 2. The summed E-state index contributed by atoms with van der Waals surface area (Å²) >= 11 is 0. The summed E-state index contributed by atoms with van der Waals surface area (Å²) in [6, 6.07) is 0. The van der Waals surface area contributed by atoms with E-state index in [0.717, 1.165) is 25.9 Å². The van der Waals surface area contributed by atoms with Crippen molar-refractivity contribution in [1.29, 1.82) is 0 Å². The van der Waals surface area contributed by atoms with Gasteiger partial charge in [0.2, 0.25) is 0 Å². The predicted octanol–water partition coefficient (Wildman–Crippen LogP) is 4.29. The molecule has 1 saturated heterocycles. The summed E-state index contributed by atoms with van der Waals surface area (Å²) in [6.45, 7) is 14.6. The monoisotopic (exact) mass is 312 g/mol. The van der Waals surface area contributed by atoms with E-state index < -0.39 is 8.32 Å². The lowest BCUT2D eigenvalue weighted by Crippen LogP contribution is -2.48. The minimum atomic E-state index is -1.76. The van der Waals surface area contributed by atoms with Gasteiger partial charge in [-0.2, -0.15) is 0 Å². The number of hydrogen-bond donors (Lipinski definition) is 0. The zero-order chi connectivity index (χ0) is 15.7. The molecule has 0 bridgehead atoms. The molecule has 4 atom stereocenters. The molecule has 2 rings (SSSR count). The molecule has 3 nitrogen and oxygen atoms in total. The topological polar surface area (TPSA) is 31.0 Å². The van der Waals surface area contributed by atoms with Crippen molar-refractivity contribution in [2.24, 2.45) is 0 Å². The van der Waals surface area contributed by atoms with Gasteiger partial charge in [0.05, 0.1) is 24.9 Å². The maximum Gasteiger partial charge on any atom is 0.192 e. The Balaban J connectivity index is 2.03. The quantitative estimate of drug-likeness (QED) is 0.431. The Hall–Kier alpha value is -0.163. The number of rotatable bonds is 5. The normalized spacial score (nSPS) is 31.8. The van der Waals surface area contributed by atoms with Gasteiger partial charge in [-0.05, 0) is 37.4 Å². The van der Waals surface area contributed by atoms with Crippen molar-refractivity contribution < 1.29 is 13.9 Å². The van der Waals surface area contributed by atoms with Gasteiger partial charge in [0.25, 0.3) is 0 Å². The summed E-state index contributed by atoms with van der Waals surface area (Å²) in [7, 11) is -1.76. The van der Waals surface area contributed by atoms with Crippen LogP contribution in [0, 0.1) is 0 Å². The third-order valence-corrected chi connectivity index (χ3v) is 9.60. The van der Waals surface area contributed by atoms with E-state index in [1.54, 1.807) is 0 Å². The van der Waals surface area contributed by atoms with Gasteiger partial charge in [-0.1, -0.05) is 39.8 Å². The Morgan fingerprint density at radius 2 is 1.81 bits per heavy atom. The fraction of sp³-hybridized carbons (Fsp3) is 0.882. The zero-order valence-electron chi connectivity index (χ0n) is 14.5. The highest BCUT2D eigenvalue weighted by molar-refractivity contribution is 6.74. The lowest BCUT2D eigenvalue weighted by molar-refractivity contribution is -0.0749. The summed E-state index contributed by atoms with van der Waals surface area (Å²) in [6.07, 6.45) is 8.30. The van der Waals surface area contributed by atoms with Crippen LogP contribution in [0.25, 0.3) is 0 Å². The Kier molecular flexibility index (Phi) is 5.34. The minimum absolute atomic E-state index is 0.164. The molecule has 0 aromatic rings. The van der Waals surface area contributed by atoms with Gasteiger partial charge in [0, 0.05) is 0 Å². The van der Waals surface area contributed by atoms with Crippen LogP contribution in [0.1, 0.15) is 47.0 Å². The van der Waals surface area contributed by atoms with E-state index in [1.807, 2.05) is 0 Å². The second-order valence-corrected chi connectivity index (χ2v) is 12.6. The van der Waals surface area contributed by atoms with Crippen LogP contribution in [0.4, 0.5) is 0 Å². The summed E-state index contributed by atoms with van der Waals surface area (Å²) in [5.74, 6) is 0. The van der Waals surface area contributed by atoms with Gasteiger partial charge in [-0.25, -0.2) is 0 Å². The molecular weight excluding hydrogens is 280 g/mol. The van der Waals surface area contributed by atoms with E-state index in [2.05, 4.69) is 52.9 Å². The highest BCUT2D eigenvalue weighted by Crippen LogP contribution is 2.39. The van der Waals surface area contributed by atoms with Gasteiger partial charge in [-0.3, -0.25) is 0 Å². The molecule has 0 spiro atoms. The van der Waals surface area contributed by atoms with Crippen LogP contribution < -0.4 is 0 Å². The lowest BCUT2D eigenvalue weighted by Gasteiger charge is -2.41. The van der Waals surface area contributed by atoms with Crippen molar-refractivity contribution in [3.63, 3.8) is 0 Å². The van der Waals surface area contributed by atoms with Gasteiger partial charge >= 0.3 is 0 Å². The molecule has 0 radical (unpaired) electrons. The average Bonchev–Trinajstić information content (AvgIpc) is 3.19. The fourth-order valence-electron chi connectivity index (χ4n) is 2.52. The maximum absolute atomic E-state index is 6.63. The molecule has 0 aliphatic carbocycles. The van der Waals surface area contributed by atoms with E-state index in [4.69, 9.17) is 13.9 Å². The number of epoxide rings is 1. The van der Waals surface area contributed by atoms with Crippen LogP contribution in [0.2, 0.25) is 18.1 Å². The minimum Gasteiger partial charge on any atom is -0.411 e. The largest absolute Gasteiger partial charge is 0.411 e. The van der Waals surface area contributed by atoms with Crippen molar-refractivity contribution in [2.75, 3.05) is 6.61 Å². The van der Waals surface area contributed by atoms with Crippen molar-refractivity contribution in [1.82, 2.24) is 0 Å².